The first-order chi connectivity index (χ1) is 8.56. The van der Waals surface area contributed by atoms with Gasteiger partial charge in [0.1, 0.15) is 5.82 Å². The average molecular weight is 244 g/mol. The summed E-state index contributed by atoms with van der Waals surface area (Å²) in [4.78, 5) is 11.4. The number of nitrogen functional groups attached to an aromatic ring is 1. The normalized spacial score (nSPS) is 10.1. The fourth-order valence-corrected chi connectivity index (χ4v) is 1.64. The number of nitrogens with one attached hydrogen (secondary N) is 1. The summed E-state index contributed by atoms with van der Waals surface area (Å²) in [6.45, 7) is 1.47. The zero-order chi connectivity index (χ0) is 13.1. The van der Waals surface area contributed by atoms with E-state index in [1.54, 1.807) is 30.3 Å². The molecule has 3 N–H and O–H groups in total. The maximum Gasteiger partial charge on any atom is 0.161 e. The van der Waals surface area contributed by atoms with E-state index in [4.69, 9.17) is 5.73 Å². The molecule has 0 radical (unpaired) electrons. The van der Waals surface area contributed by atoms with Crippen molar-refractivity contribution in [3.63, 3.8) is 0 Å². The number of ketones is 1. The minimum absolute atomic E-state index is 0.0877. The molecule has 0 atom stereocenters. The van der Waals surface area contributed by atoms with Crippen LogP contribution in [0.1, 0.15) is 17.3 Å². The van der Waals surface area contributed by atoms with E-state index >= 15 is 0 Å². The highest BCUT2D eigenvalue weighted by atomic mass is 19.1. The Bertz CT molecular complexity index is 579. The van der Waals surface area contributed by atoms with Crippen LogP contribution < -0.4 is 11.1 Å². The third-order valence-corrected chi connectivity index (χ3v) is 2.57. The van der Waals surface area contributed by atoms with Gasteiger partial charge in [-0.2, -0.15) is 0 Å². The van der Waals surface area contributed by atoms with E-state index in [-0.39, 0.29) is 11.6 Å². The van der Waals surface area contributed by atoms with Crippen LogP contribution in [0.25, 0.3) is 0 Å². The number of halogens is 1. The lowest BCUT2D eigenvalue weighted by molar-refractivity contribution is 0.101. The van der Waals surface area contributed by atoms with E-state index < -0.39 is 0 Å². The summed E-state index contributed by atoms with van der Waals surface area (Å²) >= 11 is 0. The molecule has 2 aromatic rings. The van der Waals surface area contributed by atoms with Crippen LogP contribution in [0.5, 0.6) is 0 Å². The van der Waals surface area contributed by atoms with Crippen LogP contribution in [0.15, 0.2) is 42.5 Å². The number of hydrogen-bond acceptors (Lipinski definition) is 3. The van der Waals surface area contributed by atoms with Crippen LogP contribution in [-0.4, -0.2) is 5.78 Å². The Balaban J connectivity index is 2.27. The van der Waals surface area contributed by atoms with Crippen LogP contribution >= 0.6 is 0 Å². The first-order valence-corrected chi connectivity index (χ1v) is 5.49. The Morgan fingerprint density at radius 3 is 2.33 bits per heavy atom. The van der Waals surface area contributed by atoms with Gasteiger partial charge in [-0.1, -0.05) is 0 Å². The molecule has 0 amide bonds. The lowest BCUT2D eigenvalue weighted by Gasteiger charge is -2.09. The molecule has 0 unspecified atom stereocenters. The fourth-order valence-electron chi connectivity index (χ4n) is 1.64. The van der Waals surface area contributed by atoms with Crippen molar-refractivity contribution in [3.05, 3.63) is 53.8 Å². The second-order valence-electron chi connectivity index (χ2n) is 3.99. The zero-order valence-corrected chi connectivity index (χ0v) is 9.91. The first kappa shape index (κ1) is 12.1. The third kappa shape index (κ3) is 2.66. The van der Waals surface area contributed by atoms with Crippen LogP contribution in [0.2, 0.25) is 0 Å². The summed E-state index contributed by atoms with van der Waals surface area (Å²) in [6.07, 6.45) is 0. The van der Waals surface area contributed by atoms with Crippen molar-refractivity contribution < 1.29 is 9.18 Å². The molecule has 0 heterocycles. The molecule has 0 bridgehead atoms. The molecular weight excluding hydrogens is 231 g/mol. The van der Waals surface area contributed by atoms with E-state index in [9.17, 15) is 9.18 Å². The Hall–Kier alpha value is -2.36. The zero-order valence-electron chi connectivity index (χ0n) is 9.91. The predicted molar refractivity (Wildman–Crippen MR) is 70.5 cm³/mol. The standard InChI is InChI=1S/C14H13FN2O/c1-9(18)13-8-12(6-7-14(13)16)17-11-4-2-10(15)3-5-11/h2-8,17H,16H2,1H3. The molecule has 0 aliphatic heterocycles. The van der Waals surface area contributed by atoms with E-state index in [1.807, 2.05) is 0 Å². The Morgan fingerprint density at radius 2 is 1.72 bits per heavy atom. The summed E-state index contributed by atoms with van der Waals surface area (Å²) in [5.41, 5.74) is 8.11. The number of anilines is 3. The van der Waals surface area contributed by atoms with E-state index in [0.29, 0.717) is 11.3 Å². The van der Waals surface area contributed by atoms with Crippen molar-refractivity contribution in [2.75, 3.05) is 11.1 Å². The second kappa shape index (κ2) is 4.87. The van der Waals surface area contributed by atoms with Crippen molar-refractivity contribution in [3.8, 4) is 0 Å². The van der Waals surface area contributed by atoms with E-state index in [2.05, 4.69) is 5.32 Å². The van der Waals surface area contributed by atoms with Crippen molar-refractivity contribution in [2.45, 2.75) is 6.92 Å². The molecule has 2 rings (SSSR count). The van der Waals surface area contributed by atoms with E-state index in [0.717, 1.165) is 11.4 Å². The highest BCUT2D eigenvalue weighted by Crippen LogP contribution is 2.22. The number of rotatable bonds is 3. The van der Waals surface area contributed by atoms with Gasteiger partial charge in [-0.25, -0.2) is 4.39 Å². The van der Waals surface area contributed by atoms with Gasteiger partial charge in [0.15, 0.2) is 5.78 Å². The smallest absolute Gasteiger partial charge is 0.161 e. The third-order valence-electron chi connectivity index (χ3n) is 2.57. The van der Waals surface area contributed by atoms with Gasteiger partial charge in [-0.05, 0) is 49.4 Å². The maximum atomic E-state index is 12.8. The summed E-state index contributed by atoms with van der Waals surface area (Å²) in [6, 6.07) is 11.1. The fraction of sp³-hybridized carbons (Fsp3) is 0.0714. The van der Waals surface area contributed by atoms with Gasteiger partial charge in [-0.15, -0.1) is 0 Å². The molecule has 18 heavy (non-hydrogen) atoms. The second-order valence-corrected chi connectivity index (χ2v) is 3.99. The average Bonchev–Trinajstić information content (AvgIpc) is 2.34. The molecule has 0 saturated heterocycles. The molecule has 0 saturated carbocycles. The summed E-state index contributed by atoms with van der Waals surface area (Å²) in [7, 11) is 0. The van der Waals surface area contributed by atoms with Gasteiger partial charge in [-0.3, -0.25) is 4.79 Å². The van der Waals surface area contributed by atoms with Crippen molar-refractivity contribution in [1.82, 2.24) is 0 Å². The van der Waals surface area contributed by atoms with Gasteiger partial charge in [0, 0.05) is 22.6 Å². The van der Waals surface area contributed by atoms with Crippen LogP contribution in [0, 0.1) is 5.82 Å². The van der Waals surface area contributed by atoms with Crippen molar-refractivity contribution >= 4 is 22.8 Å². The van der Waals surface area contributed by atoms with Gasteiger partial charge in [0.2, 0.25) is 0 Å². The summed E-state index contributed by atoms with van der Waals surface area (Å²) in [5, 5.41) is 3.08. The van der Waals surface area contributed by atoms with Crippen LogP contribution in [0.3, 0.4) is 0 Å². The molecule has 0 aromatic heterocycles. The first-order valence-electron chi connectivity index (χ1n) is 5.49. The lowest BCUT2D eigenvalue weighted by Crippen LogP contribution is -2.01. The molecule has 4 heteroatoms. The van der Waals surface area contributed by atoms with Crippen molar-refractivity contribution in [1.29, 1.82) is 0 Å². The van der Waals surface area contributed by atoms with Crippen LogP contribution in [-0.2, 0) is 0 Å². The summed E-state index contributed by atoms with van der Waals surface area (Å²) in [5.74, 6) is -0.377. The minimum Gasteiger partial charge on any atom is -0.398 e. The Labute approximate surface area is 104 Å². The largest absolute Gasteiger partial charge is 0.398 e. The number of Topliss-reactive ketones (excluding diaryl/α,β-unsaturated/α-hetero) is 1. The molecule has 0 spiro atoms. The quantitative estimate of drug-likeness (QED) is 0.643. The number of hydrogen-bond donors (Lipinski definition) is 2. The van der Waals surface area contributed by atoms with Crippen molar-refractivity contribution in [2.24, 2.45) is 0 Å². The van der Waals surface area contributed by atoms with E-state index in [1.165, 1.54) is 19.1 Å². The lowest BCUT2D eigenvalue weighted by atomic mass is 10.1. The molecule has 92 valence electrons. The predicted octanol–water partition coefficient (Wildman–Crippen LogP) is 3.35. The van der Waals surface area contributed by atoms with Crippen LogP contribution in [0.4, 0.5) is 21.5 Å². The van der Waals surface area contributed by atoms with Gasteiger partial charge < -0.3 is 11.1 Å². The Morgan fingerprint density at radius 1 is 1.11 bits per heavy atom. The van der Waals surface area contributed by atoms with Gasteiger partial charge in [0.05, 0.1) is 0 Å². The number of carbonyl (C=O) groups is 1. The SMILES string of the molecule is CC(=O)c1cc(Nc2ccc(F)cc2)ccc1N. The maximum absolute atomic E-state index is 12.8. The molecule has 0 aliphatic carbocycles. The molecule has 0 fully saturated rings. The molecule has 2 aromatic carbocycles. The number of nitrogens with two attached hydrogens (primary N) is 1. The molecule has 3 nitrogen and oxygen atoms in total. The number of benzene rings is 2. The van der Waals surface area contributed by atoms with Gasteiger partial charge in [0.25, 0.3) is 0 Å². The number of carbonyl (C=O) groups excluding carboxylic acids is 1. The highest BCUT2D eigenvalue weighted by Gasteiger charge is 2.05. The topological polar surface area (TPSA) is 55.1 Å². The van der Waals surface area contributed by atoms with Gasteiger partial charge >= 0.3 is 0 Å². The molecular formula is C14H13FN2O. The monoisotopic (exact) mass is 244 g/mol. The Kier molecular flexibility index (Phi) is 3.28. The highest BCUT2D eigenvalue weighted by molar-refractivity contribution is 6.00. The molecule has 0 aliphatic rings. The minimum atomic E-state index is -0.290. The summed E-state index contributed by atoms with van der Waals surface area (Å²) < 4.78 is 12.8.